The molecular formula is C18H23Cl2N5O2S. The number of aromatic nitrogens is 3. The van der Waals surface area contributed by atoms with E-state index in [4.69, 9.17) is 23.2 Å². The zero-order valence-corrected chi connectivity index (χ0v) is 18.3. The fraction of sp³-hybridized carbons (Fsp3) is 0.444. The van der Waals surface area contributed by atoms with Crippen LogP contribution in [0.15, 0.2) is 24.3 Å². The first-order valence-corrected chi connectivity index (χ1v) is 11.6. The molecule has 1 atom stereocenters. The van der Waals surface area contributed by atoms with Gasteiger partial charge in [-0.05, 0) is 43.5 Å². The highest BCUT2D eigenvalue weighted by atomic mass is 35.5. The minimum absolute atomic E-state index is 0.455. The van der Waals surface area contributed by atoms with Crippen molar-refractivity contribution >= 4 is 44.7 Å². The molecule has 0 aliphatic carbocycles. The summed E-state index contributed by atoms with van der Waals surface area (Å²) in [7, 11) is -3.33. The number of sulfonamides is 1. The molecule has 3 rings (SSSR count). The molecule has 10 heteroatoms. The minimum Gasteiger partial charge on any atom is -0.337 e. The summed E-state index contributed by atoms with van der Waals surface area (Å²) in [4.78, 5) is 2.13. The van der Waals surface area contributed by atoms with Crippen molar-refractivity contribution in [3.05, 3.63) is 45.7 Å². The molecule has 1 N–H and O–H groups in total. The fourth-order valence-electron chi connectivity index (χ4n) is 3.35. The lowest BCUT2D eigenvalue weighted by molar-refractivity contribution is 0.550. The van der Waals surface area contributed by atoms with Gasteiger partial charge < -0.3 is 4.90 Å². The van der Waals surface area contributed by atoms with Gasteiger partial charge in [-0.2, -0.15) is 0 Å². The molecule has 0 fully saturated rings. The maximum Gasteiger partial charge on any atom is 0.227 e. The summed E-state index contributed by atoms with van der Waals surface area (Å²) in [6.07, 6.45) is 4.12. The van der Waals surface area contributed by atoms with Crippen molar-refractivity contribution in [2.45, 2.75) is 32.9 Å². The van der Waals surface area contributed by atoms with E-state index >= 15 is 0 Å². The van der Waals surface area contributed by atoms with Gasteiger partial charge in [-0.1, -0.05) is 35.3 Å². The highest BCUT2D eigenvalue weighted by Crippen LogP contribution is 2.30. The van der Waals surface area contributed by atoms with E-state index in [2.05, 4.69) is 25.9 Å². The van der Waals surface area contributed by atoms with Crippen molar-refractivity contribution in [2.24, 2.45) is 0 Å². The van der Waals surface area contributed by atoms with Crippen molar-refractivity contribution in [1.82, 2.24) is 19.5 Å². The van der Waals surface area contributed by atoms with Gasteiger partial charge >= 0.3 is 0 Å². The third-order valence-electron chi connectivity index (χ3n) is 4.64. The smallest absolute Gasteiger partial charge is 0.227 e. The molecule has 0 amide bonds. The van der Waals surface area contributed by atoms with Gasteiger partial charge in [-0.3, -0.25) is 4.57 Å². The van der Waals surface area contributed by atoms with Crippen LogP contribution < -0.4 is 9.62 Å². The zero-order chi connectivity index (χ0) is 20.5. The average Bonchev–Trinajstić information content (AvgIpc) is 3.07. The summed E-state index contributed by atoms with van der Waals surface area (Å²) < 4.78 is 27.6. The summed E-state index contributed by atoms with van der Waals surface area (Å²) in [5, 5.41) is 9.65. The third-order valence-corrected chi connectivity index (χ3v) is 6.16. The maximum absolute atomic E-state index is 11.5. The van der Waals surface area contributed by atoms with Crippen molar-refractivity contribution in [3.63, 3.8) is 0 Å². The lowest BCUT2D eigenvalue weighted by Gasteiger charge is -2.28. The Balaban J connectivity index is 1.80. The number of rotatable bonds is 6. The lowest BCUT2D eigenvalue weighted by Crippen LogP contribution is -2.32. The van der Waals surface area contributed by atoms with Gasteiger partial charge in [0.1, 0.15) is 0 Å². The van der Waals surface area contributed by atoms with Crippen LogP contribution in [0.5, 0.6) is 0 Å². The Morgan fingerprint density at radius 1 is 1.25 bits per heavy atom. The first-order chi connectivity index (χ1) is 13.2. The topological polar surface area (TPSA) is 80.1 Å². The molecule has 2 aromatic rings. The van der Waals surface area contributed by atoms with Crippen molar-refractivity contribution < 1.29 is 8.42 Å². The van der Waals surface area contributed by atoms with Gasteiger partial charge in [0.2, 0.25) is 16.0 Å². The quantitative estimate of drug-likeness (QED) is 0.738. The van der Waals surface area contributed by atoms with Crippen LogP contribution in [0.1, 0.15) is 37.7 Å². The Kier molecular flexibility index (Phi) is 6.34. The molecule has 28 heavy (non-hydrogen) atoms. The predicted octanol–water partition coefficient (Wildman–Crippen LogP) is 3.51. The molecule has 0 radical (unpaired) electrons. The van der Waals surface area contributed by atoms with E-state index in [1.54, 1.807) is 6.92 Å². The molecule has 1 aromatic heterocycles. The van der Waals surface area contributed by atoms with Gasteiger partial charge in [0.25, 0.3) is 0 Å². The Morgan fingerprint density at radius 2 is 2.00 bits per heavy atom. The number of nitrogens with one attached hydrogen (secondary N) is 1. The average molecular weight is 444 g/mol. The molecule has 1 unspecified atom stereocenters. The molecule has 0 spiro atoms. The van der Waals surface area contributed by atoms with Crippen LogP contribution in [0, 0.1) is 0 Å². The lowest BCUT2D eigenvalue weighted by atomic mass is 10.00. The first kappa shape index (κ1) is 21.1. The molecule has 1 aliphatic rings. The molecule has 1 aliphatic heterocycles. The second kappa shape index (κ2) is 8.41. The third kappa shape index (κ3) is 4.68. The molecule has 0 bridgehead atoms. The largest absolute Gasteiger partial charge is 0.337 e. The monoisotopic (exact) mass is 443 g/mol. The molecule has 152 valence electrons. The van der Waals surface area contributed by atoms with Crippen LogP contribution in [-0.2, 0) is 16.6 Å². The van der Waals surface area contributed by atoms with E-state index in [-0.39, 0.29) is 0 Å². The van der Waals surface area contributed by atoms with Gasteiger partial charge in [0.15, 0.2) is 5.82 Å². The van der Waals surface area contributed by atoms with Crippen LogP contribution in [0.25, 0.3) is 5.57 Å². The summed E-state index contributed by atoms with van der Waals surface area (Å²) in [5.41, 5.74) is 2.28. The number of hydrogen-bond donors (Lipinski definition) is 1. The van der Waals surface area contributed by atoms with Crippen molar-refractivity contribution in [2.75, 3.05) is 24.2 Å². The zero-order valence-electron chi connectivity index (χ0n) is 16.0. The summed E-state index contributed by atoms with van der Waals surface area (Å²) in [6.45, 7) is 5.86. The molecule has 1 aromatic carbocycles. The molecule has 7 nitrogen and oxygen atoms in total. The predicted molar refractivity (Wildman–Crippen MR) is 113 cm³/mol. The van der Waals surface area contributed by atoms with Gasteiger partial charge in [0, 0.05) is 19.6 Å². The second-order valence-corrected chi connectivity index (χ2v) is 9.36. The summed E-state index contributed by atoms with van der Waals surface area (Å²) >= 11 is 12.1. The van der Waals surface area contributed by atoms with E-state index in [0.717, 1.165) is 30.7 Å². The van der Waals surface area contributed by atoms with E-state index in [9.17, 15) is 8.42 Å². The molecule has 2 heterocycles. The highest BCUT2D eigenvalue weighted by Gasteiger charge is 2.24. The SMILES string of the molecule is CCn1c(C(C)NS(C)(=O)=O)nnc1N1CC=C(c2ccc(Cl)c(Cl)c2)CC1. The molecule has 0 saturated carbocycles. The van der Waals surface area contributed by atoms with Crippen molar-refractivity contribution in [3.8, 4) is 0 Å². The Morgan fingerprint density at radius 3 is 2.57 bits per heavy atom. The van der Waals surface area contributed by atoms with Crippen molar-refractivity contribution in [1.29, 1.82) is 0 Å². The summed E-state index contributed by atoms with van der Waals surface area (Å²) in [6, 6.07) is 5.21. The standard InChI is InChI=1S/C18H23Cl2N5O2S/c1-4-25-17(12(2)23-28(3,26)27)21-22-18(25)24-9-7-13(8-10-24)14-5-6-15(19)16(20)11-14/h5-7,11-12,23H,4,8-10H2,1-3H3. The van der Waals surface area contributed by atoms with E-state index in [0.29, 0.717) is 29.0 Å². The van der Waals surface area contributed by atoms with Gasteiger partial charge in [-0.15, -0.1) is 10.2 Å². The molecule has 0 saturated heterocycles. The minimum atomic E-state index is -3.33. The van der Waals surface area contributed by atoms with E-state index < -0.39 is 16.1 Å². The highest BCUT2D eigenvalue weighted by molar-refractivity contribution is 7.88. The van der Waals surface area contributed by atoms with Gasteiger partial charge in [0.05, 0.1) is 22.3 Å². The van der Waals surface area contributed by atoms with Gasteiger partial charge in [-0.25, -0.2) is 13.1 Å². The number of benzene rings is 1. The van der Waals surface area contributed by atoms with E-state index in [1.165, 1.54) is 5.57 Å². The Labute approximate surface area is 175 Å². The number of halogens is 2. The number of nitrogens with zero attached hydrogens (tertiary/aromatic N) is 4. The van der Waals surface area contributed by atoms with Crippen LogP contribution in [0.3, 0.4) is 0 Å². The van der Waals surface area contributed by atoms with Crippen LogP contribution in [-0.4, -0.2) is 42.5 Å². The number of hydrogen-bond acceptors (Lipinski definition) is 5. The second-order valence-electron chi connectivity index (χ2n) is 6.77. The Bertz CT molecular complexity index is 1000. The number of anilines is 1. The van der Waals surface area contributed by atoms with E-state index in [1.807, 2.05) is 29.7 Å². The normalized spacial score (nSPS) is 16.2. The van der Waals surface area contributed by atoms with Crippen LogP contribution >= 0.6 is 23.2 Å². The first-order valence-electron chi connectivity index (χ1n) is 8.99. The summed E-state index contributed by atoms with van der Waals surface area (Å²) in [5.74, 6) is 1.34. The Hall–Kier alpha value is -1.61. The van der Waals surface area contributed by atoms with Crippen LogP contribution in [0.2, 0.25) is 10.0 Å². The maximum atomic E-state index is 11.5. The van der Waals surface area contributed by atoms with Crippen LogP contribution in [0.4, 0.5) is 5.95 Å². The fourth-order valence-corrected chi connectivity index (χ4v) is 4.39. The molecular weight excluding hydrogens is 421 g/mol.